The molecule has 2 nitrogen and oxygen atoms in total. The Kier molecular flexibility index (Phi) is 6.18. The maximum atomic E-state index is 10.6. The molecule has 0 saturated carbocycles. The van der Waals surface area contributed by atoms with Crippen LogP contribution in [0.3, 0.4) is 0 Å². The maximum Gasteiger partial charge on any atom is 0.330 e. The predicted molar refractivity (Wildman–Crippen MR) is 43.8 cm³/mol. The normalized spacial score (nSPS) is 11.0. The van der Waals surface area contributed by atoms with Crippen molar-refractivity contribution in [2.75, 3.05) is 6.61 Å². The molecule has 0 fully saturated rings. The van der Waals surface area contributed by atoms with Crippen LogP contribution in [0.15, 0.2) is 23.2 Å². The van der Waals surface area contributed by atoms with E-state index < -0.39 is 0 Å². The van der Waals surface area contributed by atoms with Gasteiger partial charge in [-0.1, -0.05) is 28.1 Å². The van der Waals surface area contributed by atoms with Crippen LogP contribution in [0.1, 0.15) is 6.92 Å². The van der Waals surface area contributed by atoms with Crippen LogP contribution >= 0.6 is 15.9 Å². The topological polar surface area (TPSA) is 26.3 Å². The van der Waals surface area contributed by atoms with Gasteiger partial charge < -0.3 is 4.74 Å². The maximum absolute atomic E-state index is 10.6. The summed E-state index contributed by atoms with van der Waals surface area (Å²) >= 11 is 3.05. The molecule has 0 aliphatic rings. The Bertz CT molecular complexity index is 150. The summed E-state index contributed by atoms with van der Waals surface area (Å²) in [6.07, 6.45) is 4.66. The molecule has 0 radical (unpaired) electrons. The molecule has 0 N–H and O–H groups in total. The Balaban J connectivity index is 3.56. The minimum Gasteiger partial charge on any atom is -0.463 e. The van der Waals surface area contributed by atoms with Crippen LogP contribution in [0.2, 0.25) is 0 Å². The van der Waals surface area contributed by atoms with Crippen LogP contribution < -0.4 is 0 Å². The van der Waals surface area contributed by atoms with Crippen LogP contribution in [0, 0.1) is 0 Å². The van der Waals surface area contributed by atoms with Gasteiger partial charge in [-0.05, 0) is 11.9 Å². The molecule has 3 heteroatoms. The lowest BCUT2D eigenvalue weighted by Crippen LogP contribution is -1.98. The van der Waals surface area contributed by atoms with Gasteiger partial charge in [0.2, 0.25) is 0 Å². The van der Waals surface area contributed by atoms with E-state index in [1.165, 1.54) is 6.08 Å². The highest BCUT2D eigenvalue weighted by Crippen LogP contribution is 1.85. The number of hydrogen-bond donors (Lipinski definition) is 0. The van der Waals surface area contributed by atoms with Crippen molar-refractivity contribution in [3.05, 3.63) is 23.2 Å². The smallest absolute Gasteiger partial charge is 0.330 e. The first-order valence-electron chi connectivity index (χ1n) is 2.91. The molecule has 0 spiro atoms. The molecule has 0 saturated heterocycles. The van der Waals surface area contributed by atoms with Crippen molar-refractivity contribution < 1.29 is 9.53 Å². The standard InChI is InChI=1S/C7H9BrO2/c1-2-10-7(9)5-3-4-6-8/h3-6H,2H2,1H3/b5-3+,6-4+. The second-order valence-corrected chi connectivity index (χ2v) is 1.96. The molecule has 0 aliphatic heterocycles. The summed E-state index contributed by atoms with van der Waals surface area (Å²) in [6, 6.07) is 0. The zero-order valence-electron chi connectivity index (χ0n) is 5.71. The average molecular weight is 205 g/mol. The Morgan fingerprint density at radius 3 is 2.80 bits per heavy atom. The van der Waals surface area contributed by atoms with Gasteiger partial charge in [-0.2, -0.15) is 0 Å². The first-order valence-corrected chi connectivity index (χ1v) is 3.83. The van der Waals surface area contributed by atoms with Gasteiger partial charge >= 0.3 is 5.97 Å². The molecule has 56 valence electrons. The molecule has 0 rings (SSSR count). The van der Waals surface area contributed by atoms with Crippen LogP contribution in [-0.4, -0.2) is 12.6 Å². The number of esters is 1. The molecule has 0 aromatic heterocycles. The second kappa shape index (κ2) is 6.55. The third kappa shape index (κ3) is 5.56. The Hall–Kier alpha value is -0.570. The van der Waals surface area contributed by atoms with Crippen molar-refractivity contribution in [2.24, 2.45) is 0 Å². The van der Waals surface area contributed by atoms with Gasteiger partial charge in [-0.25, -0.2) is 4.79 Å². The van der Waals surface area contributed by atoms with Crippen LogP contribution in [0.4, 0.5) is 0 Å². The van der Waals surface area contributed by atoms with E-state index in [-0.39, 0.29) is 5.97 Å². The lowest BCUT2D eigenvalue weighted by atomic mass is 10.5. The quantitative estimate of drug-likeness (QED) is 0.400. The highest BCUT2D eigenvalue weighted by atomic mass is 79.9. The predicted octanol–water partition coefficient (Wildman–Crippen LogP) is 2.01. The van der Waals surface area contributed by atoms with E-state index in [4.69, 9.17) is 0 Å². The molecular weight excluding hydrogens is 196 g/mol. The van der Waals surface area contributed by atoms with Crippen molar-refractivity contribution in [3.8, 4) is 0 Å². The average Bonchev–Trinajstić information content (AvgIpc) is 1.89. The number of rotatable bonds is 3. The molecule has 10 heavy (non-hydrogen) atoms. The van der Waals surface area contributed by atoms with E-state index in [1.807, 2.05) is 0 Å². The van der Waals surface area contributed by atoms with E-state index in [1.54, 1.807) is 24.1 Å². The van der Waals surface area contributed by atoms with Gasteiger partial charge in [-0.15, -0.1) is 0 Å². The summed E-state index contributed by atoms with van der Waals surface area (Å²) in [5.74, 6) is -0.312. The molecular formula is C7H9BrO2. The fourth-order valence-electron chi connectivity index (χ4n) is 0.366. The van der Waals surface area contributed by atoms with Crippen LogP contribution in [0.25, 0.3) is 0 Å². The van der Waals surface area contributed by atoms with Crippen molar-refractivity contribution >= 4 is 21.9 Å². The van der Waals surface area contributed by atoms with E-state index in [9.17, 15) is 4.79 Å². The number of allylic oxidation sites excluding steroid dienone is 2. The molecule has 0 amide bonds. The summed E-state index contributed by atoms with van der Waals surface area (Å²) in [4.78, 5) is 12.2. The lowest BCUT2D eigenvalue weighted by Gasteiger charge is -1.92. The van der Waals surface area contributed by atoms with E-state index in [2.05, 4.69) is 20.7 Å². The zero-order valence-corrected chi connectivity index (χ0v) is 7.30. The van der Waals surface area contributed by atoms with Gasteiger partial charge in [0.25, 0.3) is 0 Å². The molecule has 0 aliphatic carbocycles. The van der Waals surface area contributed by atoms with E-state index >= 15 is 0 Å². The van der Waals surface area contributed by atoms with Crippen LogP contribution in [0.5, 0.6) is 0 Å². The zero-order chi connectivity index (χ0) is 7.82. The van der Waals surface area contributed by atoms with Crippen LogP contribution in [-0.2, 0) is 9.53 Å². The largest absolute Gasteiger partial charge is 0.463 e. The highest BCUT2D eigenvalue weighted by Gasteiger charge is 1.89. The van der Waals surface area contributed by atoms with E-state index in [0.29, 0.717) is 6.61 Å². The lowest BCUT2D eigenvalue weighted by molar-refractivity contribution is -0.137. The SMILES string of the molecule is CCOC(=O)/C=C/C=C/Br. The van der Waals surface area contributed by atoms with Crippen molar-refractivity contribution in [3.63, 3.8) is 0 Å². The van der Waals surface area contributed by atoms with Gasteiger partial charge in [0.05, 0.1) is 6.61 Å². The summed E-state index contributed by atoms with van der Waals surface area (Å²) in [6.45, 7) is 2.19. The molecule has 0 aromatic carbocycles. The molecule has 0 heterocycles. The van der Waals surface area contributed by atoms with Gasteiger partial charge in [0.15, 0.2) is 0 Å². The second-order valence-electron chi connectivity index (χ2n) is 1.43. The van der Waals surface area contributed by atoms with Gasteiger partial charge in [0, 0.05) is 6.08 Å². The third-order valence-electron chi connectivity index (χ3n) is 0.703. The first-order chi connectivity index (χ1) is 4.81. The monoisotopic (exact) mass is 204 g/mol. The summed E-state index contributed by atoms with van der Waals surface area (Å²) < 4.78 is 4.61. The highest BCUT2D eigenvalue weighted by molar-refractivity contribution is 9.11. The number of carbonyl (C=O) groups excluding carboxylic acids is 1. The van der Waals surface area contributed by atoms with E-state index in [0.717, 1.165) is 0 Å². The Morgan fingerprint density at radius 2 is 2.30 bits per heavy atom. The molecule has 0 atom stereocenters. The van der Waals surface area contributed by atoms with Crippen molar-refractivity contribution in [2.45, 2.75) is 6.92 Å². The van der Waals surface area contributed by atoms with Crippen molar-refractivity contribution in [1.29, 1.82) is 0 Å². The third-order valence-corrected chi connectivity index (χ3v) is 1.01. The summed E-state index contributed by atoms with van der Waals surface area (Å²) in [7, 11) is 0. The van der Waals surface area contributed by atoms with Crippen molar-refractivity contribution in [1.82, 2.24) is 0 Å². The van der Waals surface area contributed by atoms with Gasteiger partial charge in [0.1, 0.15) is 0 Å². The molecule has 0 bridgehead atoms. The van der Waals surface area contributed by atoms with Gasteiger partial charge in [-0.3, -0.25) is 0 Å². The number of hydrogen-bond acceptors (Lipinski definition) is 2. The number of carbonyl (C=O) groups is 1. The Labute approximate surface area is 68.7 Å². The molecule has 0 unspecified atom stereocenters. The minimum absolute atomic E-state index is 0.312. The molecule has 0 aromatic rings. The fraction of sp³-hybridized carbons (Fsp3) is 0.286. The number of ether oxygens (including phenoxy) is 1. The summed E-state index contributed by atoms with van der Waals surface area (Å²) in [5.41, 5.74) is 0. The fourth-order valence-corrected chi connectivity index (χ4v) is 0.543. The first kappa shape index (κ1) is 9.43. The minimum atomic E-state index is -0.312. The Morgan fingerprint density at radius 1 is 1.60 bits per heavy atom. The summed E-state index contributed by atoms with van der Waals surface area (Å²) in [5, 5.41) is 0. The number of halogens is 1.